The van der Waals surface area contributed by atoms with Crippen LogP contribution in [0.4, 0.5) is 0 Å². The lowest BCUT2D eigenvalue weighted by atomic mass is 9.89. The van der Waals surface area contributed by atoms with Gasteiger partial charge in [-0.05, 0) is 55.1 Å². The van der Waals surface area contributed by atoms with Gasteiger partial charge in [-0.3, -0.25) is 0 Å². The highest BCUT2D eigenvalue weighted by Crippen LogP contribution is 2.27. The van der Waals surface area contributed by atoms with Gasteiger partial charge in [-0.25, -0.2) is 0 Å². The Labute approximate surface area is 119 Å². The summed E-state index contributed by atoms with van der Waals surface area (Å²) >= 11 is 3.53. The Morgan fingerprint density at radius 3 is 2.61 bits per heavy atom. The fraction of sp³-hybridized carbons (Fsp3) is 0.600. The van der Waals surface area contributed by atoms with Gasteiger partial charge in [-0.15, -0.1) is 0 Å². The Hall–Kier alpha value is -0.540. The topological polar surface area (TPSA) is 21.3 Å². The highest BCUT2D eigenvalue weighted by molar-refractivity contribution is 9.10. The Morgan fingerprint density at radius 1 is 1.33 bits per heavy atom. The molecule has 18 heavy (non-hydrogen) atoms. The van der Waals surface area contributed by atoms with Crippen molar-refractivity contribution in [2.24, 2.45) is 11.8 Å². The predicted octanol–water partition coefficient (Wildman–Crippen LogP) is 3.88. The highest BCUT2D eigenvalue weighted by atomic mass is 79.9. The minimum atomic E-state index is 0.633. The van der Waals surface area contributed by atoms with Crippen LogP contribution < -0.4 is 10.1 Å². The summed E-state index contributed by atoms with van der Waals surface area (Å²) in [7, 11) is 1.74. The Kier molecular flexibility index (Phi) is 6.72. The highest BCUT2D eigenvalue weighted by Gasteiger charge is 2.16. The second-order valence-electron chi connectivity index (χ2n) is 4.97. The van der Waals surface area contributed by atoms with Crippen molar-refractivity contribution >= 4 is 15.9 Å². The molecule has 2 nitrogen and oxygen atoms in total. The standard InChI is InChI=1S/C15H24BrNO/c1-5-17-10-13(11(2)3)8-12-9-14(16)6-7-15(12)18-4/h6-7,9,11,13,17H,5,8,10H2,1-4H3. The minimum absolute atomic E-state index is 0.633. The second-order valence-corrected chi connectivity index (χ2v) is 5.89. The van der Waals surface area contributed by atoms with Crippen molar-refractivity contribution < 1.29 is 4.74 Å². The first kappa shape index (κ1) is 15.5. The maximum absolute atomic E-state index is 5.44. The third-order valence-corrected chi connectivity index (χ3v) is 3.82. The van der Waals surface area contributed by atoms with Crippen molar-refractivity contribution in [1.29, 1.82) is 0 Å². The van der Waals surface area contributed by atoms with E-state index in [-0.39, 0.29) is 0 Å². The summed E-state index contributed by atoms with van der Waals surface area (Å²) in [5.41, 5.74) is 1.28. The molecule has 1 N–H and O–H groups in total. The lowest BCUT2D eigenvalue weighted by Crippen LogP contribution is -2.27. The fourth-order valence-electron chi connectivity index (χ4n) is 2.06. The molecule has 1 atom stereocenters. The van der Waals surface area contributed by atoms with Crippen LogP contribution in [-0.4, -0.2) is 20.2 Å². The van der Waals surface area contributed by atoms with E-state index in [2.05, 4.69) is 48.1 Å². The van der Waals surface area contributed by atoms with Crippen LogP contribution in [0.2, 0.25) is 0 Å². The number of hydrogen-bond donors (Lipinski definition) is 1. The summed E-state index contributed by atoms with van der Waals surface area (Å²) in [4.78, 5) is 0. The third-order valence-electron chi connectivity index (χ3n) is 3.32. The molecule has 0 aliphatic heterocycles. The molecular formula is C15H24BrNO. The van der Waals surface area contributed by atoms with Gasteiger partial charge >= 0.3 is 0 Å². The van der Waals surface area contributed by atoms with Crippen LogP contribution in [0.25, 0.3) is 0 Å². The molecule has 0 aliphatic carbocycles. The quantitative estimate of drug-likeness (QED) is 0.824. The largest absolute Gasteiger partial charge is 0.496 e. The van der Waals surface area contributed by atoms with E-state index in [0.29, 0.717) is 11.8 Å². The summed E-state index contributed by atoms with van der Waals surface area (Å²) in [6.07, 6.45) is 1.05. The van der Waals surface area contributed by atoms with Crippen LogP contribution in [0, 0.1) is 11.8 Å². The van der Waals surface area contributed by atoms with Crippen molar-refractivity contribution in [2.45, 2.75) is 27.2 Å². The first-order valence-electron chi connectivity index (χ1n) is 6.61. The van der Waals surface area contributed by atoms with E-state index in [1.165, 1.54) is 5.56 Å². The van der Waals surface area contributed by atoms with Crippen LogP contribution in [0.15, 0.2) is 22.7 Å². The van der Waals surface area contributed by atoms with Crippen molar-refractivity contribution in [2.75, 3.05) is 20.2 Å². The Bertz CT molecular complexity index is 366. The number of rotatable bonds is 7. The molecule has 0 saturated heterocycles. The number of hydrogen-bond acceptors (Lipinski definition) is 2. The SMILES string of the molecule is CCNCC(Cc1cc(Br)ccc1OC)C(C)C. The van der Waals surface area contributed by atoms with E-state index in [0.717, 1.165) is 29.7 Å². The molecule has 0 heterocycles. The average Bonchev–Trinajstić information content (AvgIpc) is 2.34. The van der Waals surface area contributed by atoms with Crippen LogP contribution in [-0.2, 0) is 6.42 Å². The minimum Gasteiger partial charge on any atom is -0.496 e. The molecule has 1 unspecified atom stereocenters. The third kappa shape index (κ3) is 4.62. The van der Waals surface area contributed by atoms with E-state index in [1.54, 1.807) is 7.11 Å². The summed E-state index contributed by atoms with van der Waals surface area (Å²) in [6, 6.07) is 6.22. The molecule has 1 rings (SSSR count). The molecule has 0 radical (unpaired) electrons. The zero-order valence-corrected chi connectivity index (χ0v) is 13.4. The molecule has 0 fully saturated rings. The number of benzene rings is 1. The van der Waals surface area contributed by atoms with Gasteiger partial charge in [0, 0.05) is 4.47 Å². The van der Waals surface area contributed by atoms with Gasteiger partial charge in [0.05, 0.1) is 7.11 Å². The smallest absolute Gasteiger partial charge is 0.122 e. The molecule has 1 aromatic carbocycles. The van der Waals surface area contributed by atoms with E-state index < -0.39 is 0 Å². The normalized spacial score (nSPS) is 12.8. The summed E-state index contributed by atoms with van der Waals surface area (Å²) in [6.45, 7) is 8.80. The van der Waals surface area contributed by atoms with Gasteiger partial charge in [-0.2, -0.15) is 0 Å². The Balaban J connectivity index is 2.81. The molecule has 1 aromatic rings. The maximum atomic E-state index is 5.44. The molecule has 102 valence electrons. The van der Waals surface area contributed by atoms with E-state index in [4.69, 9.17) is 4.74 Å². The maximum Gasteiger partial charge on any atom is 0.122 e. The van der Waals surface area contributed by atoms with Gasteiger partial charge in [-0.1, -0.05) is 36.7 Å². The fourth-order valence-corrected chi connectivity index (χ4v) is 2.47. The number of methoxy groups -OCH3 is 1. The number of halogens is 1. The van der Waals surface area contributed by atoms with Crippen molar-refractivity contribution in [3.05, 3.63) is 28.2 Å². The average molecular weight is 314 g/mol. The molecular weight excluding hydrogens is 290 g/mol. The van der Waals surface area contributed by atoms with E-state index in [9.17, 15) is 0 Å². The lowest BCUT2D eigenvalue weighted by Gasteiger charge is -2.22. The summed E-state index contributed by atoms with van der Waals surface area (Å²) in [5, 5.41) is 3.45. The second kappa shape index (κ2) is 7.80. The Morgan fingerprint density at radius 2 is 2.06 bits per heavy atom. The van der Waals surface area contributed by atoms with Gasteiger partial charge in [0.25, 0.3) is 0 Å². The van der Waals surface area contributed by atoms with Crippen molar-refractivity contribution in [1.82, 2.24) is 5.32 Å². The zero-order chi connectivity index (χ0) is 13.5. The number of ether oxygens (including phenoxy) is 1. The van der Waals surface area contributed by atoms with Crippen molar-refractivity contribution in [3.63, 3.8) is 0 Å². The molecule has 0 saturated carbocycles. The predicted molar refractivity (Wildman–Crippen MR) is 81.3 cm³/mol. The molecule has 0 bridgehead atoms. The van der Waals surface area contributed by atoms with Crippen LogP contribution in [0.3, 0.4) is 0 Å². The lowest BCUT2D eigenvalue weighted by molar-refractivity contribution is 0.353. The summed E-state index contributed by atoms with van der Waals surface area (Å²) in [5.74, 6) is 2.28. The molecule has 0 aromatic heterocycles. The first-order valence-corrected chi connectivity index (χ1v) is 7.40. The van der Waals surface area contributed by atoms with Crippen molar-refractivity contribution in [3.8, 4) is 5.75 Å². The molecule has 0 spiro atoms. The van der Waals surface area contributed by atoms with Crippen LogP contribution in [0.1, 0.15) is 26.3 Å². The molecule has 3 heteroatoms. The monoisotopic (exact) mass is 313 g/mol. The van der Waals surface area contributed by atoms with Gasteiger partial charge < -0.3 is 10.1 Å². The van der Waals surface area contributed by atoms with Gasteiger partial charge in [0.1, 0.15) is 5.75 Å². The summed E-state index contributed by atoms with van der Waals surface area (Å²) < 4.78 is 6.56. The first-order chi connectivity index (χ1) is 8.58. The molecule has 0 aliphatic rings. The zero-order valence-electron chi connectivity index (χ0n) is 11.8. The molecule has 0 amide bonds. The van der Waals surface area contributed by atoms with Crippen LogP contribution in [0.5, 0.6) is 5.75 Å². The number of nitrogens with one attached hydrogen (secondary N) is 1. The van der Waals surface area contributed by atoms with Gasteiger partial charge in [0.15, 0.2) is 0 Å². The van der Waals surface area contributed by atoms with E-state index >= 15 is 0 Å². The van der Waals surface area contributed by atoms with E-state index in [1.807, 2.05) is 12.1 Å². The van der Waals surface area contributed by atoms with Crippen LogP contribution >= 0.6 is 15.9 Å². The van der Waals surface area contributed by atoms with Gasteiger partial charge in [0.2, 0.25) is 0 Å².